The molecule has 0 amide bonds. The normalized spacial score (nSPS) is 12.1. The summed E-state index contributed by atoms with van der Waals surface area (Å²) in [5.74, 6) is 0. The van der Waals surface area contributed by atoms with Gasteiger partial charge in [0.25, 0.3) is 0 Å². The Morgan fingerprint density at radius 1 is 0.341 bits per heavy atom. The molecule has 0 aliphatic rings. The second-order valence-corrected chi connectivity index (χ2v) is 11.6. The molecule has 44 heavy (non-hydrogen) atoms. The van der Waals surface area contributed by atoms with Crippen LogP contribution in [0.4, 0.5) is 0 Å². The summed E-state index contributed by atoms with van der Waals surface area (Å²) in [7, 11) is 0. The summed E-state index contributed by atoms with van der Waals surface area (Å²) < 4.78 is 13.3. The molecule has 10 aromatic rings. The van der Waals surface area contributed by atoms with Crippen molar-refractivity contribution in [3.8, 4) is 22.3 Å². The van der Waals surface area contributed by atoms with E-state index in [9.17, 15) is 0 Å². The van der Waals surface area contributed by atoms with E-state index in [1.165, 1.54) is 49.0 Å². The maximum Gasteiger partial charge on any atom is 0.147 e. The van der Waals surface area contributed by atoms with Crippen molar-refractivity contribution in [3.63, 3.8) is 0 Å². The lowest BCUT2D eigenvalue weighted by Gasteiger charge is -2.18. The first-order valence-electron chi connectivity index (χ1n) is 15.0. The van der Waals surface area contributed by atoms with E-state index in [4.69, 9.17) is 8.83 Å². The molecule has 0 unspecified atom stereocenters. The Morgan fingerprint density at radius 2 is 0.864 bits per heavy atom. The van der Waals surface area contributed by atoms with Gasteiger partial charge in [-0.2, -0.15) is 0 Å². The highest BCUT2D eigenvalue weighted by Gasteiger charge is 2.24. The molecule has 204 valence electrons. The van der Waals surface area contributed by atoms with Crippen LogP contribution in [0.25, 0.3) is 98.4 Å². The lowest BCUT2D eigenvalue weighted by atomic mass is 9.85. The van der Waals surface area contributed by atoms with Crippen molar-refractivity contribution in [2.45, 2.75) is 0 Å². The van der Waals surface area contributed by atoms with E-state index in [1.807, 2.05) is 24.3 Å². The zero-order valence-electron chi connectivity index (χ0n) is 23.7. The number of furan rings is 2. The van der Waals surface area contributed by atoms with E-state index < -0.39 is 0 Å². The van der Waals surface area contributed by atoms with E-state index in [0.717, 1.165) is 49.4 Å². The molecule has 0 radical (unpaired) electrons. The Kier molecular flexibility index (Phi) is 4.75. The molecule has 8 aromatic carbocycles. The number of para-hydroxylation sites is 2. The summed E-state index contributed by atoms with van der Waals surface area (Å²) in [6, 6.07) is 51.9. The predicted octanol–water partition coefficient (Wildman–Crippen LogP) is 12.3. The van der Waals surface area contributed by atoms with Crippen molar-refractivity contribution in [1.82, 2.24) is 0 Å². The minimum Gasteiger partial charge on any atom is -0.455 e. The van der Waals surface area contributed by atoms with Crippen LogP contribution in [0.1, 0.15) is 0 Å². The van der Waals surface area contributed by atoms with E-state index in [0.29, 0.717) is 0 Å². The zero-order chi connectivity index (χ0) is 28.8. The molecule has 0 spiro atoms. The molecule has 0 bridgehead atoms. The maximum atomic E-state index is 6.74. The predicted molar refractivity (Wildman–Crippen MR) is 184 cm³/mol. The Labute approximate surface area is 252 Å². The lowest BCUT2D eigenvalue weighted by Crippen LogP contribution is -1.91. The third-order valence-corrected chi connectivity index (χ3v) is 9.23. The van der Waals surface area contributed by atoms with Gasteiger partial charge in [-0.3, -0.25) is 0 Å². The van der Waals surface area contributed by atoms with E-state index in [1.54, 1.807) is 0 Å². The first-order chi connectivity index (χ1) is 21.8. The van der Waals surface area contributed by atoms with Gasteiger partial charge in [0.15, 0.2) is 0 Å². The number of hydrogen-bond acceptors (Lipinski definition) is 2. The Hall–Kier alpha value is -5.86. The third kappa shape index (κ3) is 3.20. The number of rotatable bonds is 2. The monoisotopic (exact) mass is 560 g/mol. The molecule has 0 aliphatic carbocycles. The minimum absolute atomic E-state index is 0.853. The standard InChI is InChI=1S/C42H24O2/c1-2-12-26-23-27(22-21-25(26)11-1)38-29-14-3-5-16-31(29)39(32-17-6-4-15-30(32)38)35-24-34-28-13-7-9-19-36(28)43-41(34)40-33-18-8-10-20-37(33)44-42(35)40/h1-24H. The van der Waals surface area contributed by atoms with Gasteiger partial charge in [0, 0.05) is 27.3 Å². The van der Waals surface area contributed by atoms with Crippen molar-refractivity contribution in [3.05, 3.63) is 146 Å². The molecule has 2 heteroatoms. The van der Waals surface area contributed by atoms with Gasteiger partial charge in [0.05, 0.1) is 5.39 Å². The Balaban J connectivity index is 1.41. The van der Waals surface area contributed by atoms with Gasteiger partial charge in [-0.15, -0.1) is 0 Å². The van der Waals surface area contributed by atoms with Gasteiger partial charge < -0.3 is 8.83 Å². The third-order valence-electron chi connectivity index (χ3n) is 9.23. The largest absolute Gasteiger partial charge is 0.455 e. The number of fused-ring (bicyclic) bond motifs is 10. The summed E-state index contributed by atoms with van der Waals surface area (Å²) in [6.07, 6.45) is 0. The topological polar surface area (TPSA) is 26.3 Å². The van der Waals surface area contributed by atoms with Crippen LogP contribution in [0.5, 0.6) is 0 Å². The molecule has 0 aliphatic heterocycles. The van der Waals surface area contributed by atoms with Crippen molar-refractivity contribution < 1.29 is 8.83 Å². The van der Waals surface area contributed by atoms with Crippen LogP contribution >= 0.6 is 0 Å². The zero-order valence-corrected chi connectivity index (χ0v) is 23.7. The first-order valence-corrected chi connectivity index (χ1v) is 15.0. The summed E-state index contributed by atoms with van der Waals surface area (Å²) in [5.41, 5.74) is 8.19. The highest BCUT2D eigenvalue weighted by molar-refractivity contribution is 6.29. The van der Waals surface area contributed by atoms with Crippen molar-refractivity contribution in [2.24, 2.45) is 0 Å². The molecule has 0 atom stereocenters. The van der Waals surface area contributed by atoms with Gasteiger partial charge in [-0.05, 0) is 67.7 Å². The van der Waals surface area contributed by atoms with Crippen LogP contribution in [0.3, 0.4) is 0 Å². The van der Waals surface area contributed by atoms with Crippen molar-refractivity contribution >= 4 is 76.2 Å². The summed E-state index contributed by atoms with van der Waals surface area (Å²) >= 11 is 0. The van der Waals surface area contributed by atoms with Crippen LogP contribution in [-0.4, -0.2) is 0 Å². The summed E-state index contributed by atoms with van der Waals surface area (Å²) in [4.78, 5) is 0. The highest BCUT2D eigenvalue weighted by Crippen LogP contribution is 2.49. The molecule has 10 rings (SSSR count). The van der Waals surface area contributed by atoms with Crippen molar-refractivity contribution in [2.75, 3.05) is 0 Å². The molecular formula is C42H24O2. The fourth-order valence-electron chi connectivity index (χ4n) is 7.32. The molecule has 0 saturated heterocycles. The molecule has 2 aromatic heterocycles. The number of hydrogen-bond donors (Lipinski definition) is 0. The maximum absolute atomic E-state index is 6.74. The van der Waals surface area contributed by atoms with Gasteiger partial charge in [-0.25, -0.2) is 0 Å². The molecule has 0 N–H and O–H groups in total. The first kappa shape index (κ1) is 23.7. The van der Waals surface area contributed by atoms with E-state index >= 15 is 0 Å². The van der Waals surface area contributed by atoms with Crippen LogP contribution in [0.15, 0.2) is 154 Å². The Bertz CT molecular complexity index is 2720. The fourth-order valence-corrected chi connectivity index (χ4v) is 7.32. The summed E-state index contributed by atoms with van der Waals surface area (Å²) in [5, 5.41) is 11.6. The average molecular weight is 561 g/mol. The second kappa shape index (κ2) is 8.82. The number of benzene rings is 8. The van der Waals surface area contributed by atoms with Gasteiger partial charge in [0.1, 0.15) is 22.3 Å². The quantitative estimate of drug-likeness (QED) is 0.197. The van der Waals surface area contributed by atoms with Gasteiger partial charge in [0.2, 0.25) is 0 Å². The van der Waals surface area contributed by atoms with E-state index in [2.05, 4.69) is 121 Å². The average Bonchev–Trinajstić information content (AvgIpc) is 3.65. The molecular weight excluding hydrogens is 536 g/mol. The second-order valence-electron chi connectivity index (χ2n) is 11.6. The molecule has 0 fully saturated rings. The molecule has 2 nitrogen and oxygen atoms in total. The smallest absolute Gasteiger partial charge is 0.147 e. The van der Waals surface area contributed by atoms with Crippen LogP contribution in [-0.2, 0) is 0 Å². The highest BCUT2D eigenvalue weighted by atomic mass is 16.3. The molecule has 2 heterocycles. The Morgan fingerprint density at radius 3 is 1.57 bits per heavy atom. The van der Waals surface area contributed by atoms with Crippen LogP contribution in [0.2, 0.25) is 0 Å². The summed E-state index contributed by atoms with van der Waals surface area (Å²) in [6.45, 7) is 0. The molecule has 0 saturated carbocycles. The van der Waals surface area contributed by atoms with Crippen LogP contribution < -0.4 is 0 Å². The van der Waals surface area contributed by atoms with E-state index in [-0.39, 0.29) is 0 Å². The SMILES string of the molecule is c1ccc2cc(-c3c4ccccc4c(-c4cc5c6ccccc6oc5c5c4oc4ccccc45)c4ccccc34)ccc2c1. The fraction of sp³-hybridized carbons (Fsp3) is 0. The van der Waals surface area contributed by atoms with Crippen molar-refractivity contribution in [1.29, 1.82) is 0 Å². The van der Waals surface area contributed by atoms with Crippen LogP contribution in [0, 0.1) is 0 Å². The minimum atomic E-state index is 0.853. The lowest BCUT2D eigenvalue weighted by molar-refractivity contribution is 0.663. The van der Waals surface area contributed by atoms with Gasteiger partial charge >= 0.3 is 0 Å². The van der Waals surface area contributed by atoms with Gasteiger partial charge in [-0.1, -0.05) is 121 Å².